The molecule has 6 N–H and O–H groups in total. The maximum absolute atomic E-state index is 10.1. The van der Waals surface area contributed by atoms with Gasteiger partial charge in [-0.25, -0.2) is 0 Å². The third kappa shape index (κ3) is 3.28. The van der Waals surface area contributed by atoms with Crippen LogP contribution >= 0.6 is 0 Å². The lowest BCUT2D eigenvalue weighted by molar-refractivity contribution is -0.313. The average Bonchev–Trinajstić information content (AvgIpc) is 2.80. The van der Waals surface area contributed by atoms with E-state index in [0.29, 0.717) is 0 Å². The van der Waals surface area contributed by atoms with E-state index >= 15 is 0 Å². The van der Waals surface area contributed by atoms with E-state index in [9.17, 15) is 20.4 Å². The van der Waals surface area contributed by atoms with Gasteiger partial charge in [-0.2, -0.15) is 0 Å². The van der Waals surface area contributed by atoms with Crippen molar-refractivity contribution < 1.29 is 44.8 Å². The standard InChI is InChI=1S/C13H24O9/c1-20-13-12(11(19)10(18)7(4-15)22-13)21-6-2-5(3-14)8(16)9(6)17/h5-19H,2-4H2,1H3/t5-,6-,7-,8+,9+,10+,11+,12-,13-/m1/s1. The highest BCUT2D eigenvalue weighted by molar-refractivity contribution is 4.95. The fourth-order valence-corrected chi connectivity index (χ4v) is 2.99. The van der Waals surface area contributed by atoms with Gasteiger partial charge in [0.05, 0.1) is 18.8 Å². The second kappa shape index (κ2) is 7.47. The van der Waals surface area contributed by atoms with Crippen LogP contribution in [-0.4, -0.2) is 100.0 Å². The predicted molar refractivity (Wildman–Crippen MR) is 70.6 cm³/mol. The number of hydrogen-bond acceptors (Lipinski definition) is 9. The maximum Gasteiger partial charge on any atom is 0.186 e. The minimum absolute atomic E-state index is 0.192. The van der Waals surface area contributed by atoms with Gasteiger partial charge in [0.25, 0.3) is 0 Å². The normalized spacial score (nSPS) is 49.5. The Balaban J connectivity index is 2.07. The van der Waals surface area contributed by atoms with Crippen LogP contribution in [0.5, 0.6) is 0 Å². The number of aliphatic hydroxyl groups excluding tert-OH is 6. The summed E-state index contributed by atoms with van der Waals surface area (Å²) in [6.45, 7) is -0.799. The molecule has 0 radical (unpaired) electrons. The molecule has 0 amide bonds. The molecule has 2 rings (SSSR count). The summed E-state index contributed by atoms with van der Waals surface area (Å²) < 4.78 is 15.9. The molecular weight excluding hydrogens is 300 g/mol. The van der Waals surface area contributed by atoms with Gasteiger partial charge in [-0.15, -0.1) is 0 Å². The van der Waals surface area contributed by atoms with Gasteiger partial charge in [-0.1, -0.05) is 0 Å². The van der Waals surface area contributed by atoms with E-state index in [4.69, 9.17) is 24.4 Å². The van der Waals surface area contributed by atoms with Crippen LogP contribution in [0.3, 0.4) is 0 Å². The van der Waals surface area contributed by atoms with Crippen LogP contribution in [0.1, 0.15) is 6.42 Å². The molecule has 1 aliphatic heterocycles. The molecule has 2 aliphatic rings. The first-order valence-corrected chi connectivity index (χ1v) is 7.22. The van der Waals surface area contributed by atoms with Gasteiger partial charge >= 0.3 is 0 Å². The zero-order valence-corrected chi connectivity index (χ0v) is 12.2. The van der Waals surface area contributed by atoms with Crippen LogP contribution in [0.25, 0.3) is 0 Å². The maximum atomic E-state index is 10.1. The molecule has 0 aromatic heterocycles. The Morgan fingerprint density at radius 3 is 2.14 bits per heavy atom. The summed E-state index contributed by atoms with van der Waals surface area (Å²) in [5.41, 5.74) is 0. The van der Waals surface area contributed by atoms with Gasteiger partial charge in [-0.05, 0) is 6.42 Å². The van der Waals surface area contributed by atoms with Crippen molar-refractivity contribution in [2.24, 2.45) is 5.92 Å². The van der Waals surface area contributed by atoms with E-state index in [0.717, 1.165) is 0 Å². The van der Waals surface area contributed by atoms with E-state index in [1.165, 1.54) is 7.11 Å². The molecular formula is C13H24O9. The number of rotatable bonds is 5. The lowest BCUT2D eigenvalue weighted by atomic mass is 9.99. The summed E-state index contributed by atoms with van der Waals surface area (Å²) in [5.74, 6) is -0.530. The smallest absolute Gasteiger partial charge is 0.186 e. The number of hydrogen-bond donors (Lipinski definition) is 6. The first-order chi connectivity index (χ1) is 10.4. The van der Waals surface area contributed by atoms with Crippen LogP contribution < -0.4 is 0 Å². The molecule has 1 saturated carbocycles. The third-order valence-corrected chi connectivity index (χ3v) is 4.37. The summed E-state index contributed by atoms with van der Waals surface area (Å²) in [7, 11) is 1.32. The second-order valence-corrected chi connectivity index (χ2v) is 5.74. The molecule has 9 nitrogen and oxygen atoms in total. The number of methoxy groups -OCH3 is 1. The van der Waals surface area contributed by atoms with E-state index in [1.807, 2.05) is 0 Å². The SMILES string of the molecule is CO[C@@H]1O[C@H](CO)[C@H](O)[C@H](O)[C@H]1O[C@@H]1C[C@H](CO)[C@H](O)[C@H]1O. The first kappa shape index (κ1) is 18.0. The molecule has 9 atom stereocenters. The summed E-state index contributed by atoms with van der Waals surface area (Å²) in [5, 5.41) is 58.0. The Hall–Kier alpha value is -0.360. The quantitative estimate of drug-likeness (QED) is 0.304. The lowest BCUT2D eigenvalue weighted by Crippen LogP contribution is -2.60. The van der Waals surface area contributed by atoms with Crippen molar-refractivity contribution in [1.82, 2.24) is 0 Å². The zero-order chi connectivity index (χ0) is 16.4. The van der Waals surface area contributed by atoms with E-state index < -0.39 is 61.5 Å². The minimum Gasteiger partial charge on any atom is -0.396 e. The van der Waals surface area contributed by atoms with Crippen molar-refractivity contribution in [3.8, 4) is 0 Å². The zero-order valence-electron chi connectivity index (χ0n) is 12.2. The highest BCUT2D eigenvalue weighted by Crippen LogP contribution is 2.33. The Bertz CT molecular complexity index is 352. The summed E-state index contributed by atoms with van der Waals surface area (Å²) >= 11 is 0. The topological polar surface area (TPSA) is 149 Å². The monoisotopic (exact) mass is 324 g/mol. The third-order valence-electron chi connectivity index (χ3n) is 4.37. The summed E-state index contributed by atoms with van der Waals surface area (Å²) in [6, 6.07) is 0. The molecule has 1 saturated heterocycles. The molecule has 0 aromatic carbocycles. The molecule has 22 heavy (non-hydrogen) atoms. The Morgan fingerprint density at radius 2 is 1.64 bits per heavy atom. The highest BCUT2D eigenvalue weighted by Gasteiger charge is 2.49. The molecule has 9 heteroatoms. The largest absolute Gasteiger partial charge is 0.396 e. The Morgan fingerprint density at radius 1 is 0.955 bits per heavy atom. The van der Waals surface area contributed by atoms with Crippen molar-refractivity contribution in [3.63, 3.8) is 0 Å². The van der Waals surface area contributed by atoms with Crippen molar-refractivity contribution in [3.05, 3.63) is 0 Å². The Labute approximate surface area is 127 Å². The number of ether oxygens (including phenoxy) is 3. The van der Waals surface area contributed by atoms with Crippen molar-refractivity contribution >= 4 is 0 Å². The molecule has 2 fully saturated rings. The van der Waals surface area contributed by atoms with E-state index in [2.05, 4.69) is 0 Å². The minimum atomic E-state index is -1.40. The molecule has 130 valence electrons. The van der Waals surface area contributed by atoms with E-state index in [1.54, 1.807) is 0 Å². The molecule has 0 bridgehead atoms. The predicted octanol–water partition coefficient (Wildman–Crippen LogP) is -3.44. The fraction of sp³-hybridized carbons (Fsp3) is 1.00. The van der Waals surface area contributed by atoms with Gasteiger partial charge < -0.3 is 44.8 Å². The fourth-order valence-electron chi connectivity index (χ4n) is 2.99. The molecule has 1 aliphatic carbocycles. The summed E-state index contributed by atoms with van der Waals surface area (Å²) in [6.07, 6.45) is -8.94. The van der Waals surface area contributed by atoms with Crippen LogP contribution in [0.4, 0.5) is 0 Å². The Kier molecular flexibility index (Phi) is 6.11. The molecule has 0 aromatic rings. The van der Waals surface area contributed by atoms with Gasteiger partial charge in [0.2, 0.25) is 0 Å². The van der Waals surface area contributed by atoms with Crippen molar-refractivity contribution in [2.75, 3.05) is 20.3 Å². The van der Waals surface area contributed by atoms with Gasteiger partial charge in [0.15, 0.2) is 6.29 Å². The first-order valence-electron chi connectivity index (χ1n) is 7.22. The van der Waals surface area contributed by atoms with Crippen LogP contribution in [0.2, 0.25) is 0 Å². The van der Waals surface area contributed by atoms with Crippen molar-refractivity contribution in [1.29, 1.82) is 0 Å². The molecule has 0 unspecified atom stereocenters. The van der Waals surface area contributed by atoms with Gasteiger partial charge in [-0.3, -0.25) is 0 Å². The highest BCUT2D eigenvalue weighted by atomic mass is 16.7. The lowest BCUT2D eigenvalue weighted by Gasteiger charge is -2.42. The second-order valence-electron chi connectivity index (χ2n) is 5.74. The van der Waals surface area contributed by atoms with Gasteiger partial charge in [0, 0.05) is 19.6 Å². The summed E-state index contributed by atoms with van der Waals surface area (Å²) in [4.78, 5) is 0. The van der Waals surface area contributed by atoms with Gasteiger partial charge in [0.1, 0.15) is 30.5 Å². The number of aliphatic hydroxyl groups is 6. The average molecular weight is 324 g/mol. The van der Waals surface area contributed by atoms with Crippen LogP contribution in [0, 0.1) is 5.92 Å². The van der Waals surface area contributed by atoms with Crippen LogP contribution in [0.15, 0.2) is 0 Å². The van der Waals surface area contributed by atoms with Crippen molar-refractivity contribution in [2.45, 2.75) is 55.4 Å². The molecule has 0 spiro atoms. The van der Waals surface area contributed by atoms with E-state index in [-0.39, 0.29) is 13.0 Å². The van der Waals surface area contributed by atoms with Crippen LogP contribution in [-0.2, 0) is 14.2 Å². The molecule has 1 heterocycles.